The lowest BCUT2D eigenvalue weighted by molar-refractivity contribution is -0.892. The van der Waals surface area contributed by atoms with Gasteiger partial charge in [-0.05, 0) is 38.5 Å². The Morgan fingerprint density at radius 2 is 2.00 bits per heavy atom. The minimum absolute atomic E-state index is 0.321. The fraction of sp³-hybridized carbons (Fsp3) is 0.643. The number of fused-ring (bicyclic) bond motifs is 1. The number of rotatable bonds is 3. The van der Waals surface area contributed by atoms with E-state index in [1.807, 2.05) is 10.8 Å². The van der Waals surface area contributed by atoms with Crippen LogP contribution in [0.2, 0.25) is 5.02 Å². The van der Waals surface area contributed by atoms with Gasteiger partial charge in [-0.3, -0.25) is 4.84 Å². The predicted octanol–water partition coefficient (Wildman–Crippen LogP) is 2.50. The Labute approximate surface area is 113 Å². The maximum atomic E-state index is 6.34. The number of nitrogens with zero attached hydrogens (tertiary/aromatic N) is 1. The molecule has 2 aliphatic rings. The summed E-state index contributed by atoms with van der Waals surface area (Å²) in [4.78, 5) is 5.49. The van der Waals surface area contributed by atoms with Crippen LogP contribution in [0.3, 0.4) is 0 Å². The van der Waals surface area contributed by atoms with Gasteiger partial charge in [-0.2, -0.15) is 0 Å². The van der Waals surface area contributed by atoms with Gasteiger partial charge in [0, 0.05) is 12.0 Å². The van der Waals surface area contributed by atoms with Crippen LogP contribution in [0.25, 0.3) is 0 Å². The molecule has 0 atom stereocenters. The van der Waals surface area contributed by atoms with Gasteiger partial charge in [-0.25, -0.2) is 0 Å². The van der Waals surface area contributed by atoms with Crippen LogP contribution in [0.4, 0.5) is 0 Å². The summed E-state index contributed by atoms with van der Waals surface area (Å²) in [6.07, 6.45) is 8.32. The van der Waals surface area contributed by atoms with Crippen LogP contribution in [0.1, 0.15) is 43.4 Å². The molecule has 0 aromatic carbocycles. The van der Waals surface area contributed by atoms with Crippen LogP contribution in [-0.4, -0.2) is 13.2 Å². The van der Waals surface area contributed by atoms with Crippen molar-refractivity contribution >= 4 is 11.6 Å². The SMILES string of the molecule is CO[n+]1c(OC2CCCC2)cc(Cl)c2c1CCC2. The number of aromatic nitrogens is 1. The molecule has 1 aromatic heterocycles. The highest BCUT2D eigenvalue weighted by Gasteiger charge is 2.32. The molecule has 1 heterocycles. The molecule has 4 heteroatoms. The third-order valence-electron chi connectivity index (χ3n) is 3.94. The second kappa shape index (κ2) is 4.96. The molecule has 1 aromatic rings. The van der Waals surface area contributed by atoms with E-state index in [9.17, 15) is 0 Å². The van der Waals surface area contributed by atoms with Gasteiger partial charge in [0.15, 0.2) is 0 Å². The first kappa shape index (κ1) is 12.1. The van der Waals surface area contributed by atoms with Crippen molar-refractivity contribution in [3.05, 3.63) is 22.3 Å². The lowest BCUT2D eigenvalue weighted by Gasteiger charge is -2.12. The minimum atomic E-state index is 0.321. The van der Waals surface area contributed by atoms with Crippen molar-refractivity contribution in [1.82, 2.24) is 0 Å². The highest BCUT2D eigenvalue weighted by molar-refractivity contribution is 6.31. The van der Waals surface area contributed by atoms with Crippen LogP contribution in [0.15, 0.2) is 6.07 Å². The third kappa shape index (κ3) is 2.05. The summed E-state index contributed by atoms with van der Waals surface area (Å²) in [7, 11) is 1.69. The molecule has 3 nitrogen and oxygen atoms in total. The standard InChI is InChI=1S/C14H19ClNO2/c1-17-16-13-8-4-7-11(13)12(15)9-14(16)18-10-5-2-3-6-10/h9-10H,2-8H2,1H3/q+1. The van der Waals surface area contributed by atoms with Gasteiger partial charge in [-0.15, -0.1) is 0 Å². The van der Waals surface area contributed by atoms with E-state index in [2.05, 4.69) is 0 Å². The van der Waals surface area contributed by atoms with E-state index >= 15 is 0 Å². The monoisotopic (exact) mass is 268 g/mol. The van der Waals surface area contributed by atoms with Gasteiger partial charge in [-0.1, -0.05) is 11.6 Å². The first-order chi connectivity index (χ1) is 8.79. The Balaban J connectivity index is 1.95. The maximum absolute atomic E-state index is 6.34. The van der Waals surface area contributed by atoms with Crippen molar-refractivity contribution in [1.29, 1.82) is 0 Å². The van der Waals surface area contributed by atoms with E-state index in [0.29, 0.717) is 6.10 Å². The second-order valence-electron chi connectivity index (χ2n) is 5.11. The van der Waals surface area contributed by atoms with Gasteiger partial charge in [0.1, 0.15) is 13.2 Å². The van der Waals surface area contributed by atoms with Crippen molar-refractivity contribution in [2.75, 3.05) is 7.11 Å². The molecule has 18 heavy (non-hydrogen) atoms. The Kier molecular flexibility index (Phi) is 3.33. The molecule has 0 radical (unpaired) electrons. The maximum Gasteiger partial charge on any atom is 0.419 e. The summed E-state index contributed by atoms with van der Waals surface area (Å²) in [5.74, 6) is 0.759. The van der Waals surface area contributed by atoms with E-state index in [4.69, 9.17) is 21.2 Å². The molecule has 0 aliphatic heterocycles. The van der Waals surface area contributed by atoms with Crippen LogP contribution in [0.5, 0.6) is 5.88 Å². The number of hydrogen-bond donors (Lipinski definition) is 0. The lowest BCUT2D eigenvalue weighted by Crippen LogP contribution is -2.46. The van der Waals surface area contributed by atoms with Gasteiger partial charge in [0.25, 0.3) is 0 Å². The quantitative estimate of drug-likeness (QED) is 0.786. The average Bonchev–Trinajstić information content (AvgIpc) is 3.00. The molecule has 0 unspecified atom stereocenters. The van der Waals surface area contributed by atoms with Crippen molar-refractivity contribution < 1.29 is 14.3 Å². The molecule has 0 saturated heterocycles. The summed E-state index contributed by atoms with van der Waals surface area (Å²) < 4.78 is 7.88. The molecule has 2 aliphatic carbocycles. The summed E-state index contributed by atoms with van der Waals surface area (Å²) in [5.41, 5.74) is 2.40. The predicted molar refractivity (Wildman–Crippen MR) is 69.1 cm³/mol. The Morgan fingerprint density at radius 3 is 2.72 bits per heavy atom. The highest BCUT2D eigenvalue weighted by Crippen LogP contribution is 2.30. The smallest absolute Gasteiger partial charge is 0.419 e. The van der Waals surface area contributed by atoms with Crippen molar-refractivity contribution in [2.45, 2.75) is 51.0 Å². The van der Waals surface area contributed by atoms with Crippen LogP contribution in [0, 0.1) is 0 Å². The van der Waals surface area contributed by atoms with Crippen LogP contribution >= 0.6 is 11.6 Å². The Hall–Kier alpha value is -0.960. The van der Waals surface area contributed by atoms with Crippen LogP contribution in [-0.2, 0) is 12.8 Å². The van der Waals surface area contributed by atoms with Crippen LogP contribution < -0.4 is 14.3 Å². The van der Waals surface area contributed by atoms with Crippen molar-refractivity contribution in [2.24, 2.45) is 0 Å². The fourth-order valence-corrected chi connectivity index (χ4v) is 3.35. The average molecular weight is 269 g/mol. The second-order valence-corrected chi connectivity index (χ2v) is 5.52. The first-order valence-electron chi connectivity index (χ1n) is 6.77. The molecule has 1 fully saturated rings. The van der Waals surface area contributed by atoms with Gasteiger partial charge in [0.05, 0.1) is 15.8 Å². The minimum Gasteiger partial charge on any atom is -0.438 e. The summed E-state index contributed by atoms with van der Waals surface area (Å²) in [6, 6.07) is 1.91. The Bertz CT molecular complexity index is 456. The van der Waals surface area contributed by atoms with Crippen molar-refractivity contribution in [3.8, 4) is 5.88 Å². The largest absolute Gasteiger partial charge is 0.438 e. The van der Waals surface area contributed by atoms with E-state index in [0.717, 1.165) is 43.0 Å². The normalized spacial score (nSPS) is 19.0. The lowest BCUT2D eigenvalue weighted by atomic mass is 10.2. The number of halogens is 1. The van der Waals surface area contributed by atoms with Gasteiger partial charge in [0.2, 0.25) is 5.69 Å². The van der Waals surface area contributed by atoms with E-state index < -0.39 is 0 Å². The molecule has 98 valence electrons. The highest BCUT2D eigenvalue weighted by atomic mass is 35.5. The summed E-state index contributed by atoms with van der Waals surface area (Å²) in [6.45, 7) is 0. The Morgan fingerprint density at radius 1 is 1.22 bits per heavy atom. The first-order valence-corrected chi connectivity index (χ1v) is 7.15. The van der Waals surface area contributed by atoms with E-state index in [1.54, 1.807) is 7.11 Å². The molecule has 0 amide bonds. The van der Waals surface area contributed by atoms with E-state index in [1.165, 1.54) is 24.1 Å². The van der Waals surface area contributed by atoms with Crippen molar-refractivity contribution in [3.63, 3.8) is 0 Å². The number of hydrogen-bond acceptors (Lipinski definition) is 2. The molecule has 0 spiro atoms. The topological polar surface area (TPSA) is 22.3 Å². The third-order valence-corrected chi connectivity index (χ3v) is 4.28. The fourth-order valence-electron chi connectivity index (χ4n) is 3.06. The molecule has 0 N–H and O–H groups in total. The summed E-state index contributed by atoms with van der Waals surface area (Å²) in [5, 5.41) is 0.823. The molecular formula is C14H19ClNO2+. The number of pyridine rings is 1. The van der Waals surface area contributed by atoms with E-state index in [-0.39, 0.29) is 0 Å². The zero-order valence-corrected chi connectivity index (χ0v) is 11.5. The zero-order valence-electron chi connectivity index (χ0n) is 10.7. The van der Waals surface area contributed by atoms with Gasteiger partial charge >= 0.3 is 5.88 Å². The van der Waals surface area contributed by atoms with Gasteiger partial charge < -0.3 is 4.74 Å². The summed E-state index contributed by atoms with van der Waals surface area (Å²) >= 11 is 6.34. The molecule has 1 saturated carbocycles. The molecular weight excluding hydrogens is 250 g/mol. The zero-order chi connectivity index (χ0) is 12.5. The molecule has 0 bridgehead atoms. The number of ether oxygens (including phenoxy) is 1. The molecule has 3 rings (SSSR count).